The molecule has 1 heterocycles. The van der Waals surface area contributed by atoms with Crippen molar-refractivity contribution in [2.24, 2.45) is 0 Å². The highest BCUT2D eigenvalue weighted by molar-refractivity contribution is 5.93. The fourth-order valence-corrected chi connectivity index (χ4v) is 1.86. The van der Waals surface area contributed by atoms with E-state index in [0.29, 0.717) is 0 Å². The zero-order chi connectivity index (χ0) is 15.6. The lowest BCUT2D eigenvalue weighted by Crippen LogP contribution is -2.36. The quantitative estimate of drug-likeness (QED) is 0.659. The van der Waals surface area contributed by atoms with Crippen molar-refractivity contribution in [2.45, 2.75) is 6.18 Å². The molecule has 1 N–H and O–H groups in total. The van der Waals surface area contributed by atoms with Crippen LogP contribution >= 0.6 is 0 Å². The van der Waals surface area contributed by atoms with Crippen LogP contribution in [-0.2, 0) is 0 Å². The fraction of sp³-hybridized carbons (Fsp3) is 0.400. The van der Waals surface area contributed by atoms with Gasteiger partial charge in [0.25, 0.3) is 0 Å². The predicted octanol–water partition coefficient (Wildman–Crippen LogP) is 1.49. The molecule has 8 nitrogen and oxygen atoms in total. The Morgan fingerprint density at radius 1 is 1.33 bits per heavy atom. The summed E-state index contributed by atoms with van der Waals surface area (Å²) in [7, 11) is 0. The van der Waals surface area contributed by atoms with E-state index >= 15 is 0 Å². The number of nitro benzene ring substituents is 1. The number of fused-ring (bicyclic) bond motifs is 1. The highest BCUT2D eigenvalue weighted by Crippen LogP contribution is 2.32. The molecule has 0 saturated heterocycles. The Labute approximate surface area is 114 Å². The second-order valence-corrected chi connectivity index (χ2v) is 4.08. The molecule has 1 aromatic carbocycles. The van der Waals surface area contributed by atoms with Crippen LogP contribution in [0.1, 0.15) is 0 Å². The summed E-state index contributed by atoms with van der Waals surface area (Å²) in [5.74, 6) is 0. The van der Waals surface area contributed by atoms with E-state index in [1.54, 1.807) is 0 Å². The van der Waals surface area contributed by atoms with Crippen LogP contribution < -0.4 is 4.90 Å². The van der Waals surface area contributed by atoms with Crippen LogP contribution in [0.4, 0.5) is 24.5 Å². The number of benzene rings is 1. The summed E-state index contributed by atoms with van der Waals surface area (Å²) in [5.41, 5.74) is -0.890. The molecular formula is C10H9F3N4O4. The molecule has 0 spiro atoms. The van der Waals surface area contributed by atoms with Gasteiger partial charge in [-0.15, -0.1) is 0 Å². The van der Waals surface area contributed by atoms with Gasteiger partial charge >= 0.3 is 11.9 Å². The van der Waals surface area contributed by atoms with E-state index < -0.39 is 29.9 Å². The summed E-state index contributed by atoms with van der Waals surface area (Å²) >= 11 is 0. The Morgan fingerprint density at radius 3 is 2.57 bits per heavy atom. The van der Waals surface area contributed by atoms with Crippen LogP contribution in [-0.4, -0.2) is 46.2 Å². The van der Waals surface area contributed by atoms with Crippen molar-refractivity contribution in [3.63, 3.8) is 0 Å². The summed E-state index contributed by atoms with van der Waals surface area (Å²) in [6.07, 6.45) is -4.51. The van der Waals surface area contributed by atoms with Crippen LogP contribution in [0.5, 0.6) is 0 Å². The number of hydrogen-bond acceptors (Lipinski definition) is 7. The van der Waals surface area contributed by atoms with Crippen LogP contribution in [0.3, 0.4) is 0 Å². The van der Waals surface area contributed by atoms with Crippen LogP contribution in [0.15, 0.2) is 16.8 Å². The first-order valence-electron chi connectivity index (χ1n) is 5.65. The van der Waals surface area contributed by atoms with Crippen molar-refractivity contribution >= 4 is 22.4 Å². The Kier molecular flexibility index (Phi) is 3.93. The van der Waals surface area contributed by atoms with Gasteiger partial charge in [0.2, 0.25) is 5.52 Å². The molecule has 0 atom stereocenters. The monoisotopic (exact) mass is 306 g/mol. The number of non-ortho nitro benzene ring substituents is 1. The smallest absolute Gasteiger partial charge is 0.395 e. The number of anilines is 1. The van der Waals surface area contributed by atoms with Gasteiger partial charge in [0.05, 0.1) is 17.2 Å². The van der Waals surface area contributed by atoms with Crippen LogP contribution in [0.25, 0.3) is 11.0 Å². The standard InChI is InChI=1S/C10H9F3N4O4/c11-10(12,13)5-16(3-4-18)6-1-2-7(17(19)20)9-8(6)14-21-15-9/h1-2,18H,3-5H2. The van der Waals surface area contributed by atoms with Crippen molar-refractivity contribution < 1.29 is 27.8 Å². The topological polar surface area (TPSA) is 106 Å². The van der Waals surface area contributed by atoms with E-state index in [4.69, 9.17) is 5.11 Å². The van der Waals surface area contributed by atoms with Gasteiger partial charge in [-0.05, 0) is 16.4 Å². The number of halogens is 3. The molecule has 0 saturated carbocycles. The summed E-state index contributed by atoms with van der Waals surface area (Å²) in [4.78, 5) is 10.9. The highest BCUT2D eigenvalue weighted by Gasteiger charge is 2.32. The molecule has 0 bridgehead atoms. The number of hydrogen-bond donors (Lipinski definition) is 1. The number of nitro groups is 1. The molecule has 114 valence electrons. The van der Waals surface area contributed by atoms with Crippen LogP contribution in [0, 0.1) is 10.1 Å². The van der Waals surface area contributed by atoms with Gasteiger partial charge in [-0.25, -0.2) is 4.63 Å². The van der Waals surface area contributed by atoms with Gasteiger partial charge in [0.15, 0.2) is 5.52 Å². The predicted molar refractivity (Wildman–Crippen MR) is 63.8 cm³/mol. The number of aromatic nitrogens is 2. The van der Waals surface area contributed by atoms with Gasteiger partial charge in [-0.2, -0.15) is 13.2 Å². The number of aliphatic hydroxyl groups is 1. The third kappa shape index (κ3) is 3.18. The lowest BCUT2D eigenvalue weighted by Gasteiger charge is -2.24. The maximum atomic E-state index is 12.6. The van der Waals surface area contributed by atoms with E-state index in [-0.39, 0.29) is 23.3 Å². The van der Waals surface area contributed by atoms with Gasteiger partial charge < -0.3 is 10.0 Å². The zero-order valence-electron chi connectivity index (χ0n) is 10.4. The van der Waals surface area contributed by atoms with Crippen molar-refractivity contribution in [2.75, 3.05) is 24.6 Å². The molecule has 0 aliphatic rings. The summed E-state index contributed by atoms with van der Waals surface area (Å²) in [6.45, 7) is -2.19. The first kappa shape index (κ1) is 15.0. The summed E-state index contributed by atoms with van der Waals surface area (Å²) in [6, 6.07) is 2.13. The van der Waals surface area contributed by atoms with Crippen molar-refractivity contribution in [1.29, 1.82) is 0 Å². The minimum Gasteiger partial charge on any atom is -0.395 e. The minimum atomic E-state index is -4.51. The first-order valence-corrected chi connectivity index (χ1v) is 5.65. The average molecular weight is 306 g/mol. The largest absolute Gasteiger partial charge is 0.405 e. The summed E-state index contributed by atoms with van der Waals surface area (Å²) < 4.78 is 42.1. The number of nitrogens with zero attached hydrogens (tertiary/aromatic N) is 4. The number of aliphatic hydroxyl groups excluding tert-OH is 1. The molecule has 0 amide bonds. The number of alkyl halides is 3. The molecule has 0 radical (unpaired) electrons. The second-order valence-electron chi connectivity index (χ2n) is 4.08. The zero-order valence-corrected chi connectivity index (χ0v) is 10.4. The lowest BCUT2D eigenvalue weighted by atomic mass is 10.2. The Bertz CT molecular complexity index is 657. The maximum absolute atomic E-state index is 12.6. The Balaban J connectivity index is 2.51. The minimum absolute atomic E-state index is 0.0526. The van der Waals surface area contributed by atoms with E-state index in [1.165, 1.54) is 0 Å². The van der Waals surface area contributed by atoms with Crippen LogP contribution in [0.2, 0.25) is 0 Å². The lowest BCUT2D eigenvalue weighted by molar-refractivity contribution is -0.383. The Morgan fingerprint density at radius 2 is 2.00 bits per heavy atom. The molecule has 0 aliphatic heterocycles. The van der Waals surface area contributed by atoms with Crippen molar-refractivity contribution in [3.05, 3.63) is 22.2 Å². The van der Waals surface area contributed by atoms with E-state index in [0.717, 1.165) is 17.0 Å². The molecule has 2 aromatic rings. The molecule has 0 aliphatic carbocycles. The molecule has 2 rings (SSSR count). The Hall–Kier alpha value is -2.43. The third-order valence-electron chi connectivity index (χ3n) is 2.65. The molecule has 0 unspecified atom stereocenters. The highest BCUT2D eigenvalue weighted by atomic mass is 19.4. The van der Waals surface area contributed by atoms with Gasteiger partial charge in [-0.3, -0.25) is 10.1 Å². The maximum Gasteiger partial charge on any atom is 0.405 e. The average Bonchev–Trinajstić information content (AvgIpc) is 2.84. The molecule has 0 fully saturated rings. The van der Waals surface area contributed by atoms with Gasteiger partial charge in [0.1, 0.15) is 6.54 Å². The third-order valence-corrected chi connectivity index (χ3v) is 2.65. The second kappa shape index (κ2) is 5.52. The molecule has 1 aromatic heterocycles. The van der Waals surface area contributed by atoms with Crippen molar-refractivity contribution in [3.8, 4) is 0 Å². The molecular weight excluding hydrogens is 297 g/mol. The fourth-order valence-electron chi connectivity index (χ4n) is 1.86. The summed E-state index contributed by atoms with van der Waals surface area (Å²) in [5, 5.41) is 26.4. The molecule has 11 heteroatoms. The number of rotatable bonds is 5. The van der Waals surface area contributed by atoms with Crippen molar-refractivity contribution in [1.82, 2.24) is 10.3 Å². The first-order chi connectivity index (χ1) is 9.83. The normalized spacial score (nSPS) is 11.8. The SMILES string of the molecule is O=[N+]([O-])c1ccc(N(CCO)CC(F)(F)F)c2nonc12. The van der Waals surface area contributed by atoms with E-state index in [1.807, 2.05) is 0 Å². The van der Waals surface area contributed by atoms with E-state index in [2.05, 4.69) is 14.9 Å². The van der Waals surface area contributed by atoms with Gasteiger partial charge in [0, 0.05) is 12.6 Å². The molecule has 21 heavy (non-hydrogen) atoms. The van der Waals surface area contributed by atoms with Gasteiger partial charge in [-0.1, -0.05) is 0 Å². The van der Waals surface area contributed by atoms with E-state index in [9.17, 15) is 23.3 Å².